The van der Waals surface area contributed by atoms with Crippen molar-refractivity contribution in [3.8, 4) is 5.75 Å². The van der Waals surface area contributed by atoms with Gasteiger partial charge in [-0.25, -0.2) is 8.42 Å². The van der Waals surface area contributed by atoms with Crippen LogP contribution >= 0.6 is 0 Å². The second kappa shape index (κ2) is 8.22. The maximum atomic E-state index is 13.4. The number of amides is 1. The fraction of sp³-hybridized carbons (Fsp3) is 0.300. The predicted molar refractivity (Wildman–Crippen MR) is 106 cm³/mol. The van der Waals surface area contributed by atoms with E-state index in [1.807, 2.05) is 0 Å². The Kier molecular flexibility index (Phi) is 5.90. The third-order valence-corrected chi connectivity index (χ3v) is 6.70. The van der Waals surface area contributed by atoms with Crippen LogP contribution in [0.15, 0.2) is 53.4 Å². The molecule has 1 unspecified atom stereocenters. The van der Waals surface area contributed by atoms with Crippen molar-refractivity contribution in [2.75, 3.05) is 18.6 Å². The van der Waals surface area contributed by atoms with Gasteiger partial charge in [0.1, 0.15) is 11.8 Å². The Morgan fingerprint density at radius 2 is 1.79 bits per heavy atom. The summed E-state index contributed by atoms with van der Waals surface area (Å²) in [5.41, 5.74) is 1.17. The van der Waals surface area contributed by atoms with E-state index in [-0.39, 0.29) is 36.1 Å². The lowest BCUT2D eigenvalue weighted by Gasteiger charge is -2.29. The number of anilines is 1. The zero-order valence-corrected chi connectivity index (χ0v) is 16.9. The van der Waals surface area contributed by atoms with Gasteiger partial charge >= 0.3 is 5.97 Å². The standard InChI is InChI=1S/C20H22N2O6S/c1-3-19(24)21-13-18(20(25)28-2)22(12-14-6-4-5-7-17(14)21)29(26,27)16-10-8-15(23)9-11-16/h4-11,18,23H,3,12-13H2,1-2H3. The number of phenols is 1. The van der Waals surface area contributed by atoms with Gasteiger partial charge in [-0.2, -0.15) is 4.31 Å². The van der Waals surface area contributed by atoms with Crippen LogP contribution in [0.25, 0.3) is 0 Å². The van der Waals surface area contributed by atoms with Gasteiger partial charge in [-0.15, -0.1) is 0 Å². The number of sulfonamides is 1. The molecule has 154 valence electrons. The molecule has 0 saturated carbocycles. The van der Waals surface area contributed by atoms with E-state index in [1.54, 1.807) is 31.2 Å². The van der Waals surface area contributed by atoms with Gasteiger partial charge in [-0.05, 0) is 35.9 Å². The fourth-order valence-electron chi connectivity index (χ4n) is 3.31. The molecule has 1 aliphatic rings. The minimum absolute atomic E-state index is 0.0723. The Labute approximate surface area is 169 Å². The number of carbonyl (C=O) groups is 2. The van der Waals surface area contributed by atoms with Gasteiger partial charge in [0.25, 0.3) is 0 Å². The topological polar surface area (TPSA) is 104 Å². The minimum Gasteiger partial charge on any atom is -0.508 e. The molecule has 0 saturated heterocycles. The highest BCUT2D eigenvalue weighted by atomic mass is 32.2. The molecule has 0 radical (unpaired) electrons. The number of hydrogen-bond donors (Lipinski definition) is 1. The molecule has 3 rings (SSSR count). The summed E-state index contributed by atoms with van der Waals surface area (Å²) in [6.07, 6.45) is 0.201. The first-order valence-corrected chi connectivity index (χ1v) is 10.5. The van der Waals surface area contributed by atoms with Crippen molar-refractivity contribution in [3.05, 3.63) is 54.1 Å². The van der Waals surface area contributed by atoms with E-state index in [0.29, 0.717) is 11.3 Å². The molecule has 1 aliphatic heterocycles. The van der Waals surface area contributed by atoms with E-state index in [2.05, 4.69) is 0 Å². The van der Waals surface area contributed by atoms with Gasteiger partial charge in [0, 0.05) is 18.7 Å². The van der Waals surface area contributed by atoms with Gasteiger partial charge in [0.15, 0.2) is 0 Å². The highest BCUT2D eigenvalue weighted by Gasteiger charge is 2.41. The van der Waals surface area contributed by atoms with E-state index in [0.717, 1.165) is 4.31 Å². The van der Waals surface area contributed by atoms with Crippen LogP contribution in [0.2, 0.25) is 0 Å². The molecule has 0 bridgehead atoms. The molecular formula is C20H22N2O6S. The number of methoxy groups -OCH3 is 1. The number of rotatable bonds is 4. The number of aromatic hydroxyl groups is 1. The van der Waals surface area contributed by atoms with E-state index in [1.165, 1.54) is 36.3 Å². The fourth-order valence-corrected chi connectivity index (χ4v) is 4.86. The quantitative estimate of drug-likeness (QED) is 0.761. The number of esters is 1. The van der Waals surface area contributed by atoms with Crippen molar-refractivity contribution in [1.29, 1.82) is 0 Å². The molecule has 0 aromatic heterocycles. The van der Waals surface area contributed by atoms with Crippen molar-refractivity contribution in [2.45, 2.75) is 30.8 Å². The minimum atomic E-state index is -4.12. The van der Waals surface area contributed by atoms with Gasteiger partial charge in [-0.1, -0.05) is 25.1 Å². The van der Waals surface area contributed by atoms with Gasteiger partial charge in [0.05, 0.1) is 18.6 Å². The third-order valence-electron chi connectivity index (χ3n) is 4.83. The Morgan fingerprint density at radius 1 is 1.14 bits per heavy atom. The lowest BCUT2D eigenvalue weighted by Crippen LogP contribution is -2.50. The number of ether oxygens (including phenoxy) is 1. The second-order valence-corrected chi connectivity index (χ2v) is 8.46. The summed E-state index contributed by atoms with van der Waals surface area (Å²) in [5, 5.41) is 9.48. The predicted octanol–water partition coefficient (Wildman–Crippen LogP) is 1.88. The lowest BCUT2D eigenvalue weighted by atomic mass is 10.1. The number of phenolic OH excluding ortho intramolecular Hbond substituents is 1. The summed E-state index contributed by atoms with van der Waals surface area (Å²) >= 11 is 0. The lowest BCUT2D eigenvalue weighted by molar-refractivity contribution is -0.145. The molecule has 1 atom stereocenters. The Bertz CT molecular complexity index is 1020. The van der Waals surface area contributed by atoms with Crippen LogP contribution in [0.5, 0.6) is 5.75 Å². The molecule has 1 N–H and O–H groups in total. The Morgan fingerprint density at radius 3 is 2.41 bits per heavy atom. The van der Waals surface area contributed by atoms with E-state index < -0.39 is 22.0 Å². The zero-order chi connectivity index (χ0) is 21.2. The van der Waals surface area contributed by atoms with Crippen LogP contribution in [0, 0.1) is 0 Å². The SMILES string of the molecule is CCC(=O)N1CC(C(=O)OC)N(S(=O)(=O)c2ccc(O)cc2)Cc2ccccc21. The first-order chi connectivity index (χ1) is 13.8. The number of carbonyl (C=O) groups excluding carboxylic acids is 2. The van der Waals surface area contributed by atoms with Gasteiger partial charge < -0.3 is 14.7 Å². The Hall–Kier alpha value is -2.91. The smallest absolute Gasteiger partial charge is 0.326 e. The molecule has 9 heteroatoms. The van der Waals surface area contributed by atoms with Crippen LogP contribution < -0.4 is 4.90 Å². The summed E-state index contributed by atoms with van der Waals surface area (Å²) in [4.78, 5) is 26.5. The maximum Gasteiger partial charge on any atom is 0.326 e. The molecule has 2 aromatic carbocycles. The van der Waals surface area contributed by atoms with Crippen molar-refractivity contribution < 1.29 is 27.9 Å². The van der Waals surface area contributed by atoms with E-state index in [9.17, 15) is 23.1 Å². The summed E-state index contributed by atoms with van der Waals surface area (Å²) in [5.74, 6) is -1.06. The highest BCUT2D eigenvalue weighted by Crippen LogP contribution is 2.32. The van der Waals surface area contributed by atoms with Crippen LogP contribution in [-0.2, 0) is 30.9 Å². The third kappa shape index (κ3) is 3.96. The number of nitrogens with zero attached hydrogens (tertiary/aromatic N) is 2. The van der Waals surface area contributed by atoms with Crippen LogP contribution in [0.4, 0.5) is 5.69 Å². The highest BCUT2D eigenvalue weighted by molar-refractivity contribution is 7.89. The van der Waals surface area contributed by atoms with Crippen LogP contribution in [0.1, 0.15) is 18.9 Å². The molecule has 1 amide bonds. The maximum absolute atomic E-state index is 13.4. The second-order valence-electron chi connectivity index (χ2n) is 6.57. The zero-order valence-electron chi connectivity index (χ0n) is 16.1. The van der Waals surface area contributed by atoms with Gasteiger partial charge in [-0.3, -0.25) is 9.59 Å². The molecule has 2 aromatic rings. The Balaban J connectivity index is 2.15. The monoisotopic (exact) mass is 418 g/mol. The average Bonchev–Trinajstić information content (AvgIpc) is 2.90. The molecule has 1 heterocycles. The molecule has 29 heavy (non-hydrogen) atoms. The first kappa shape index (κ1) is 20.8. The van der Waals surface area contributed by atoms with Crippen molar-refractivity contribution in [2.24, 2.45) is 0 Å². The van der Waals surface area contributed by atoms with Crippen LogP contribution in [0.3, 0.4) is 0 Å². The summed E-state index contributed by atoms with van der Waals surface area (Å²) < 4.78 is 32.7. The van der Waals surface area contributed by atoms with Crippen molar-refractivity contribution in [1.82, 2.24) is 4.31 Å². The summed E-state index contributed by atoms with van der Waals surface area (Å²) in [6.45, 7) is 1.44. The number of hydrogen-bond acceptors (Lipinski definition) is 6. The molecule has 8 nitrogen and oxygen atoms in total. The number of benzene rings is 2. The molecule has 0 spiro atoms. The largest absolute Gasteiger partial charge is 0.508 e. The molecular weight excluding hydrogens is 396 g/mol. The van der Waals surface area contributed by atoms with Crippen molar-refractivity contribution >= 4 is 27.6 Å². The summed E-state index contributed by atoms with van der Waals surface area (Å²) in [7, 11) is -2.94. The van der Waals surface area contributed by atoms with Crippen molar-refractivity contribution in [3.63, 3.8) is 0 Å². The van der Waals surface area contributed by atoms with Crippen LogP contribution in [-0.4, -0.2) is 49.4 Å². The summed E-state index contributed by atoms with van der Waals surface area (Å²) in [6, 6.07) is 10.8. The van der Waals surface area contributed by atoms with E-state index >= 15 is 0 Å². The first-order valence-electron chi connectivity index (χ1n) is 9.06. The normalized spacial score (nSPS) is 17.3. The number of fused-ring (bicyclic) bond motifs is 1. The average molecular weight is 418 g/mol. The van der Waals surface area contributed by atoms with E-state index in [4.69, 9.17) is 4.74 Å². The number of para-hydroxylation sites is 1. The molecule has 0 aliphatic carbocycles. The molecule has 0 fully saturated rings. The van der Waals surface area contributed by atoms with Gasteiger partial charge in [0.2, 0.25) is 15.9 Å².